The fourth-order valence-corrected chi connectivity index (χ4v) is 6.45. The molecule has 2 amide bonds. The van der Waals surface area contributed by atoms with E-state index in [1.807, 2.05) is 25.1 Å². The number of nitrogens with zero attached hydrogens (tertiary/aromatic N) is 3. The van der Waals surface area contributed by atoms with Crippen molar-refractivity contribution in [3.8, 4) is 5.75 Å². The molecule has 4 rings (SSSR count). The fraction of sp³-hybridized carbons (Fsp3) is 0.227. The molecule has 0 aliphatic rings. The van der Waals surface area contributed by atoms with Crippen LogP contribution in [-0.4, -0.2) is 51.7 Å². The summed E-state index contributed by atoms with van der Waals surface area (Å²) in [6.07, 6.45) is 0. The van der Waals surface area contributed by atoms with Gasteiger partial charge in [0.25, 0.3) is 0 Å². The zero-order valence-electron chi connectivity index (χ0n) is 18.4. The van der Waals surface area contributed by atoms with E-state index in [0.717, 1.165) is 23.9 Å². The first-order valence-electron chi connectivity index (χ1n) is 10.4. The number of aromatic nitrogens is 3. The number of nitrogens with one attached hydrogen (secondary N) is 2. The molecule has 35 heavy (non-hydrogen) atoms. The van der Waals surface area contributed by atoms with E-state index in [-0.39, 0.29) is 23.3 Å². The molecular formula is C22H20ClN5O3S4. The number of ether oxygens (including phenoxy) is 1. The van der Waals surface area contributed by atoms with Gasteiger partial charge in [0.1, 0.15) is 17.4 Å². The van der Waals surface area contributed by atoms with Crippen LogP contribution in [0.2, 0.25) is 5.02 Å². The van der Waals surface area contributed by atoms with E-state index in [9.17, 15) is 9.59 Å². The summed E-state index contributed by atoms with van der Waals surface area (Å²) in [5.41, 5.74) is 1.53. The molecule has 0 bridgehead atoms. The van der Waals surface area contributed by atoms with Crippen LogP contribution in [-0.2, 0) is 9.59 Å². The maximum atomic E-state index is 12.3. The predicted molar refractivity (Wildman–Crippen MR) is 144 cm³/mol. The summed E-state index contributed by atoms with van der Waals surface area (Å²) >= 11 is 11.5. The van der Waals surface area contributed by atoms with Gasteiger partial charge < -0.3 is 15.4 Å². The largest absolute Gasteiger partial charge is 0.492 e. The van der Waals surface area contributed by atoms with Gasteiger partial charge in [0.2, 0.25) is 11.8 Å². The van der Waals surface area contributed by atoms with Gasteiger partial charge in [0, 0.05) is 10.7 Å². The zero-order chi connectivity index (χ0) is 24.6. The number of carbonyl (C=O) groups is 2. The van der Waals surface area contributed by atoms with Crippen LogP contribution < -0.4 is 15.4 Å². The third kappa shape index (κ3) is 8.07. The van der Waals surface area contributed by atoms with Gasteiger partial charge >= 0.3 is 0 Å². The Labute approximate surface area is 223 Å². The van der Waals surface area contributed by atoms with Gasteiger partial charge in [-0.2, -0.15) is 0 Å². The molecular weight excluding hydrogens is 546 g/mol. The molecule has 8 nitrogen and oxygen atoms in total. The predicted octanol–water partition coefficient (Wildman–Crippen LogP) is 5.13. The van der Waals surface area contributed by atoms with Gasteiger partial charge in [0.05, 0.1) is 28.3 Å². The first kappa shape index (κ1) is 25.7. The Bertz CT molecular complexity index is 1310. The van der Waals surface area contributed by atoms with Crippen molar-refractivity contribution in [1.29, 1.82) is 0 Å². The molecule has 0 unspecified atom stereocenters. The van der Waals surface area contributed by atoms with Crippen molar-refractivity contribution in [2.75, 3.05) is 30.0 Å². The number of aryl methyl sites for hydroxylation is 1. The highest BCUT2D eigenvalue weighted by Gasteiger charge is 2.11. The number of anilines is 1. The van der Waals surface area contributed by atoms with E-state index in [1.54, 1.807) is 24.3 Å². The summed E-state index contributed by atoms with van der Waals surface area (Å²) in [5.74, 6) is 1.01. The van der Waals surface area contributed by atoms with Crippen molar-refractivity contribution in [1.82, 2.24) is 20.5 Å². The summed E-state index contributed by atoms with van der Waals surface area (Å²) < 4.78 is 8.07. The molecule has 0 fully saturated rings. The number of hydrogen-bond acceptors (Lipinski definition) is 10. The molecule has 2 aromatic heterocycles. The van der Waals surface area contributed by atoms with Gasteiger partial charge in [-0.25, -0.2) is 4.98 Å². The second-order valence-corrected chi connectivity index (χ2v) is 12.1. The van der Waals surface area contributed by atoms with Crippen LogP contribution in [0.4, 0.5) is 5.69 Å². The zero-order valence-corrected chi connectivity index (χ0v) is 22.5. The van der Waals surface area contributed by atoms with Crippen molar-refractivity contribution in [3.63, 3.8) is 0 Å². The molecule has 0 radical (unpaired) electrons. The lowest BCUT2D eigenvalue weighted by Crippen LogP contribution is -2.29. The lowest BCUT2D eigenvalue weighted by Gasteiger charge is -2.07. The Hall–Kier alpha value is -2.38. The monoisotopic (exact) mass is 565 g/mol. The minimum absolute atomic E-state index is 0.0926. The maximum Gasteiger partial charge on any atom is 0.234 e. The van der Waals surface area contributed by atoms with E-state index in [2.05, 4.69) is 25.8 Å². The van der Waals surface area contributed by atoms with Gasteiger partial charge in [-0.3, -0.25) is 9.59 Å². The van der Waals surface area contributed by atoms with Crippen LogP contribution in [0.5, 0.6) is 5.75 Å². The lowest BCUT2D eigenvalue weighted by atomic mass is 10.3. The van der Waals surface area contributed by atoms with Crippen molar-refractivity contribution in [2.24, 2.45) is 0 Å². The number of fused-ring (bicyclic) bond motifs is 1. The molecule has 2 N–H and O–H groups in total. The Morgan fingerprint density at radius 1 is 1.00 bits per heavy atom. The Morgan fingerprint density at radius 2 is 1.77 bits per heavy atom. The van der Waals surface area contributed by atoms with Crippen LogP contribution in [0, 0.1) is 6.92 Å². The summed E-state index contributed by atoms with van der Waals surface area (Å²) in [5, 5.41) is 15.2. The van der Waals surface area contributed by atoms with E-state index in [4.69, 9.17) is 16.3 Å². The Morgan fingerprint density at radius 3 is 2.54 bits per heavy atom. The average Bonchev–Trinajstić information content (AvgIpc) is 3.45. The molecule has 0 saturated carbocycles. The molecule has 4 aromatic rings. The molecule has 0 saturated heterocycles. The normalized spacial score (nSPS) is 10.9. The van der Waals surface area contributed by atoms with Crippen molar-refractivity contribution in [2.45, 2.75) is 15.6 Å². The van der Waals surface area contributed by atoms with Crippen molar-refractivity contribution >= 4 is 85.5 Å². The Balaban J connectivity index is 1.20. The van der Waals surface area contributed by atoms with E-state index < -0.39 is 0 Å². The quantitative estimate of drug-likeness (QED) is 0.190. The molecule has 0 spiro atoms. The minimum atomic E-state index is -0.113. The van der Waals surface area contributed by atoms with Crippen LogP contribution in [0.3, 0.4) is 0 Å². The fourth-order valence-electron chi connectivity index (χ4n) is 2.77. The number of amides is 2. The molecule has 0 aliphatic carbocycles. The molecule has 2 aromatic carbocycles. The summed E-state index contributed by atoms with van der Waals surface area (Å²) in [6, 6.07) is 12.6. The van der Waals surface area contributed by atoms with E-state index >= 15 is 0 Å². The minimum Gasteiger partial charge on any atom is -0.492 e. The Kier molecular flexibility index (Phi) is 9.21. The average molecular weight is 566 g/mol. The van der Waals surface area contributed by atoms with Crippen LogP contribution in [0.15, 0.2) is 51.1 Å². The highest BCUT2D eigenvalue weighted by Crippen LogP contribution is 2.31. The number of halogens is 1. The molecule has 182 valence electrons. The number of carbonyl (C=O) groups excluding carboxylic acids is 2. The number of benzene rings is 2. The van der Waals surface area contributed by atoms with Gasteiger partial charge in [0.15, 0.2) is 8.68 Å². The summed E-state index contributed by atoms with van der Waals surface area (Å²) in [6.45, 7) is 2.65. The number of hydrogen-bond donors (Lipinski definition) is 2. The first-order valence-corrected chi connectivity index (χ1v) is 14.3. The molecule has 0 atom stereocenters. The molecule has 2 heterocycles. The third-order valence-electron chi connectivity index (χ3n) is 4.32. The van der Waals surface area contributed by atoms with Crippen molar-refractivity contribution in [3.05, 3.63) is 52.5 Å². The number of thiazole rings is 1. The highest BCUT2D eigenvalue weighted by molar-refractivity contribution is 8.02. The second-order valence-electron chi connectivity index (χ2n) is 7.03. The first-order chi connectivity index (χ1) is 16.9. The van der Waals surface area contributed by atoms with Crippen LogP contribution >= 0.6 is 57.8 Å². The molecule has 13 heteroatoms. The number of thioether (sulfide) groups is 2. The summed E-state index contributed by atoms with van der Waals surface area (Å²) in [7, 11) is 0. The van der Waals surface area contributed by atoms with Crippen LogP contribution in [0.1, 0.15) is 5.01 Å². The SMILES string of the molecule is Cc1nnc(SCC(=O)Nc2ccc3nc(SCC(=O)NCCOc4ccc(Cl)cc4)sc3c2)s1. The second kappa shape index (κ2) is 12.5. The third-order valence-corrected chi connectivity index (χ3v) is 8.71. The van der Waals surface area contributed by atoms with Crippen molar-refractivity contribution < 1.29 is 14.3 Å². The van der Waals surface area contributed by atoms with Gasteiger partial charge in [-0.15, -0.1) is 21.5 Å². The standard InChI is InChI=1S/C22H20ClN5O3S4/c1-13-27-28-22(34-13)33-12-20(30)25-15-4-7-17-18(10-15)35-21(26-17)32-11-19(29)24-8-9-31-16-5-2-14(23)3-6-16/h2-7,10H,8-9,11-12H2,1H3,(H,24,29)(H,25,30). The van der Waals surface area contributed by atoms with E-state index in [1.165, 1.54) is 46.2 Å². The number of rotatable bonds is 11. The van der Waals surface area contributed by atoms with Gasteiger partial charge in [-0.05, 0) is 49.4 Å². The maximum absolute atomic E-state index is 12.3. The highest BCUT2D eigenvalue weighted by atomic mass is 35.5. The van der Waals surface area contributed by atoms with E-state index in [0.29, 0.717) is 29.6 Å². The lowest BCUT2D eigenvalue weighted by molar-refractivity contribution is -0.118. The van der Waals surface area contributed by atoms with Crippen LogP contribution in [0.25, 0.3) is 10.2 Å². The topological polar surface area (TPSA) is 106 Å². The molecule has 0 aliphatic heterocycles. The smallest absolute Gasteiger partial charge is 0.234 e. The van der Waals surface area contributed by atoms with Gasteiger partial charge in [-0.1, -0.05) is 46.5 Å². The summed E-state index contributed by atoms with van der Waals surface area (Å²) in [4.78, 5) is 29.0.